The molecule has 1 unspecified atom stereocenters. The van der Waals surface area contributed by atoms with Crippen LogP contribution in [0.25, 0.3) is 0 Å². The van der Waals surface area contributed by atoms with Crippen molar-refractivity contribution in [2.24, 2.45) is 11.3 Å². The highest BCUT2D eigenvalue weighted by molar-refractivity contribution is 7.98. The molecular formula is C35H35F2N3O6S. The Morgan fingerprint density at radius 1 is 1.09 bits per heavy atom. The summed E-state index contributed by atoms with van der Waals surface area (Å²) in [5.74, 6) is -2.82. The predicted molar refractivity (Wildman–Crippen MR) is 169 cm³/mol. The minimum absolute atomic E-state index is 0.0147. The standard InChI is InChI=1S/C35H35F2N3O6S/c1-34(2,3)33(43)45-18-44-30-25(41)11-14-39-29(30)32(42)38-15-13-35-12-10-19(46-35)16-23(35)31(38)40(39)28-20-8-9-24(36)27(37)22(20)17-47-26-7-5-4-6-21(26)28/h4-9,11,14,19,23,28,31H,10,12-13,15-18H2,1-3H3/t19-,23+,28?,31+,35-/m0/s1. The lowest BCUT2D eigenvalue weighted by molar-refractivity contribution is -0.159. The topological polar surface area (TPSA) is 90.3 Å². The third-order valence-corrected chi connectivity index (χ3v) is 11.5. The quantitative estimate of drug-likeness (QED) is 0.267. The van der Waals surface area contributed by atoms with Crippen LogP contribution in [0.2, 0.25) is 0 Å². The second-order valence-corrected chi connectivity index (χ2v) is 15.0. The van der Waals surface area contributed by atoms with Crippen molar-refractivity contribution in [2.45, 2.75) is 81.0 Å². The lowest BCUT2D eigenvalue weighted by Crippen LogP contribution is -2.70. The van der Waals surface area contributed by atoms with Gasteiger partial charge in [-0.3, -0.25) is 24.1 Å². The highest BCUT2D eigenvalue weighted by atomic mass is 32.2. The molecule has 1 amide bonds. The number of rotatable bonds is 4. The number of hydrogen-bond acceptors (Lipinski definition) is 8. The minimum Gasteiger partial charge on any atom is -0.451 e. The van der Waals surface area contributed by atoms with Crippen LogP contribution in [-0.2, 0) is 20.0 Å². The van der Waals surface area contributed by atoms with E-state index in [1.165, 1.54) is 17.8 Å². The summed E-state index contributed by atoms with van der Waals surface area (Å²) in [4.78, 5) is 43.1. The Balaban J connectivity index is 1.34. The molecule has 0 N–H and O–H groups in total. The van der Waals surface area contributed by atoms with Gasteiger partial charge in [-0.1, -0.05) is 24.3 Å². The van der Waals surface area contributed by atoms with E-state index in [1.54, 1.807) is 42.6 Å². The molecule has 3 aromatic rings. The van der Waals surface area contributed by atoms with Crippen molar-refractivity contribution in [3.63, 3.8) is 0 Å². The molecule has 3 saturated heterocycles. The monoisotopic (exact) mass is 663 g/mol. The van der Waals surface area contributed by atoms with Crippen LogP contribution in [-0.4, -0.2) is 52.7 Å². The number of ether oxygens (including phenoxy) is 3. The molecule has 1 spiro atoms. The molecule has 8 rings (SSSR count). The molecule has 246 valence electrons. The van der Waals surface area contributed by atoms with Crippen LogP contribution >= 0.6 is 11.8 Å². The maximum atomic E-state index is 15.7. The van der Waals surface area contributed by atoms with E-state index >= 15 is 4.39 Å². The first-order valence-electron chi connectivity index (χ1n) is 16.0. The van der Waals surface area contributed by atoms with E-state index in [0.29, 0.717) is 18.5 Å². The molecule has 47 heavy (non-hydrogen) atoms. The van der Waals surface area contributed by atoms with Crippen molar-refractivity contribution < 1.29 is 32.6 Å². The number of nitrogens with zero attached hydrogens (tertiary/aromatic N) is 3. The summed E-state index contributed by atoms with van der Waals surface area (Å²) >= 11 is 1.43. The lowest BCUT2D eigenvalue weighted by atomic mass is 9.71. The van der Waals surface area contributed by atoms with Crippen molar-refractivity contribution in [1.29, 1.82) is 0 Å². The van der Waals surface area contributed by atoms with Crippen molar-refractivity contribution in [1.82, 2.24) is 9.58 Å². The van der Waals surface area contributed by atoms with Gasteiger partial charge in [0.05, 0.1) is 23.2 Å². The third kappa shape index (κ3) is 4.62. The molecule has 2 bridgehead atoms. The van der Waals surface area contributed by atoms with Crippen molar-refractivity contribution >= 4 is 23.6 Å². The molecule has 6 heterocycles. The summed E-state index contributed by atoms with van der Waals surface area (Å²) in [5.41, 5.74) is -0.0684. The first-order chi connectivity index (χ1) is 22.5. The third-order valence-electron chi connectivity index (χ3n) is 10.3. The van der Waals surface area contributed by atoms with Crippen molar-refractivity contribution in [3.05, 3.63) is 92.9 Å². The number of amides is 1. The number of benzene rings is 2. The van der Waals surface area contributed by atoms with Gasteiger partial charge in [0.25, 0.3) is 5.91 Å². The van der Waals surface area contributed by atoms with Gasteiger partial charge in [0, 0.05) is 40.9 Å². The van der Waals surface area contributed by atoms with Gasteiger partial charge >= 0.3 is 5.97 Å². The number of piperidine rings is 1. The first kappa shape index (κ1) is 30.4. The highest BCUT2D eigenvalue weighted by Gasteiger charge is 2.63. The maximum absolute atomic E-state index is 15.7. The van der Waals surface area contributed by atoms with Gasteiger partial charge in [-0.05, 0) is 69.7 Å². The van der Waals surface area contributed by atoms with E-state index in [4.69, 9.17) is 14.2 Å². The van der Waals surface area contributed by atoms with E-state index in [1.807, 2.05) is 29.3 Å². The zero-order chi connectivity index (χ0) is 32.8. The van der Waals surface area contributed by atoms with Crippen LogP contribution in [0.1, 0.15) is 79.7 Å². The predicted octanol–water partition coefficient (Wildman–Crippen LogP) is 5.51. The van der Waals surface area contributed by atoms with Crippen LogP contribution in [0.15, 0.2) is 58.4 Å². The van der Waals surface area contributed by atoms with Gasteiger partial charge in [-0.2, -0.15) is 0 Å². The fraction of sp³-hybridized carbons (Fsp3) is 0.457. The Labute approximate surface area is 274 Å². The molecule has 3 fully saturated rings. The van der Waals surface area contributed by atoms with Crippen molar-refractivity contribution in [2.75, 3.05) is 18.3 Å². The second-order valence-electron chi connectivity index (χ2n) is 14.0. The summed E-state index contributed by atoms with van der Waals surface area (Å²) in [6, 6.07) is 11.2. The molecule has 12 heteroatoms. The minimum atomic E-state index is -0.924. The number of hydrogen-bond donors (Lipinski definition) is 0. The van der Waals surface area contributed by atoms with Gasteiger partial charge in [0.15, 0.2) is 17.3 Å². The first-order valence-corrected chi connectivity index (χ1v) is 17.0. The van der Waals surface area contributed by atoms with Gasteiger partial charge in [0.1, 0.15) is 6.17 Å². The fourth-order valence-corrected chi connectivity index (χ4v) is 9.26. The molecule has 5 aliphatic rings. The van der Waals surface area contributed by atoms with Crippen LogP contribution in [0.3, 0.4) is 0 Å². The molecule has 0 aliphatic carbocycles. The lowest BCUT2D eigenvalue weighted by Gasteiger charge is -2.57. The largest absolute Gasteiger partial charge is 0.451 e. The Bertz CT molecular complexity index is 1880. The van der Waals surface area contributed by atoms with E-state index in [0.717, 1.165) is 35.8 Å². The van der Waals surface area contributed by atoms with E-state index in [2.05, 4.69) is 0 Å². The Hall–Kier alpha value is -3.90. The normalized spacial score (nSPS) is 27.3. The van der Waals surface area contributed by atoms with Gasteiger partial charge in [0.2, 0.25) is 18.0 Å². The number of esters is 1. The van der Waals surface area contributed by atoms with Crippen molar-refractivity contribution in [3.8, 4) is 5.75 Å². The number of fused-ring (bicyclic) bond motifs is 6. The van der Waals surface area contributed by atoms with E-state index < -0.39 is 53.0 Å². The van der Waals surface area contributed by atoms with Crippen LogP contribution in [0.4, 0.5) is 8.78 Å². The molecule has 2 aromatic carbocycles. The van der Waals surface area contributed by atoms with Crippen LogP contribution in [0.5, 0.6) is 5.75 Å². The number of carbonyl (C=O) groups excluding carboxylic acids is 2. The number of pyridine rings is 1. The summed E-state index contributed by atoms with van der Waals surface area (Å²) in [6.07, 6.45) is 4.35. The summed E-state index contributed by atoms with van der Waals surface area (Å²) in [6.45, 7) is 4.92. The molecular weight excluding hydrogens is 628 g/mol. The molecule has 0 radical (unpaired) electrons. The number of aromatic nitrogens is 1. The summed E-state index contributed by atoms with van der Waals surface area (Å²) in [7, 11) is 0. The second kappa shape index (κ2) is 10.8. The van der Waals surface area contributed by atoms with Gasteiger partial charge in [-0.25, -0.2) is 8.78 Å². The smallest absolute Gasteiger partial charge is 0.314 e. The fourth-order valence-electron chi connectivity index (χ4n) is 8.15. The van der Waals surface area contributed by atoms with E-state index in [-0.39, 0.29) is 40.7 Å². The zero-order valence-electron chi connectivity index (χ0n) is 26.3. The Morgan fingerprint density at radius 3 is 2.68 bits per heavy atom. The molecule has 1 aromatic heterocycles. The van der Waals surface area contributed by atoms with Gasteiger partial charge in [-0.15, -0.1) is 11.8 Å². The average molecular weight is 664 g/mol. The zero-order valence-corrected chi connectivity index (χ0v) is 27.1. The SMILES string of the molecule is CC(C)(C)C(=O)OCOc1c2n(ccc1=O)N(C1c3ccccc3SCc3c1ccc(F)c3F)[C@@H]1[C@H]3C[C@@H]4CC[C@@]3(CCN1C2=O)O4. The van der Waals surface area contributed by atoms with Crippen LogP contribution in [0, 0.1) is 23.0 Å². The molecule has 5 aliphatic heterocycles. The Morgan fingerprint density at radius 2 is 1.89 bits per heavy atom. The number of thioether (sulfide) groups is 1. The number of carbonyl (C=O) groups is 2. The van der Waals surface area contributed by atoms with Gasteiger partial charge < -0.3 is 19.1 Å². The molecule has 9 nitrogen and oxygen atoms in total. The van der Waals surface area contributed by atoms with Crippen LogP contribution < -0.4 is 15.2 Å². The van der Waals surface area contributed by atoms with E-state index in [9.17, 15) is 18.8 Å². The summed E-state index contributed by atoms with van der Waals surface area (Å²) in [5, 5.41) is 2.04. The highest BCUT2D eigenvalue weighted by Crippen LogP contribution is 2.57. The molecule has 0 saturated carbocycles. The maximum Gasteiger partial charge on any atom is 0.314 e. The number of halogens is 2. The average Bonchev–Trinajstić information content (AvgIpc) is 3.58. The summed E-state index contributed by atoms with van der Waals surface area (Å²) < 4.78 is 49.8. The molecule has 5 atom stereocenters. The Kier molecular flexibility index (Phi) is 7.00.